The maximum atomic E-state index is 14.0. The van der Waals surface area contributed by atoms with Gasteiger partial charge < -0.3 is 14.2 Å². The Labute approximate surface area is 125 Å². The summed E-state index contributed by atoms with van der Waals surface area (Å²) in [6.45, 7) is 6.51. The zero-order chi connectivity index (χ0) is 15.7. The number of carbonyl (C=O) groups excluding carboxylic acids is 1. The molecule has 0 aliphatic rings. The minimum Gasteiger partial charge on any atom is -0.466 e. The Kier molecular flexibility index (Phi) is 7.93. The van der Waals surface area contributed by atoms with E-state index in [9.17, 15) is 9.18 Å². The molecule has 0 unspecified atom stereocenters. The van der Waals surface area contributed by atoms with E-state index in [1.165, 1.54) is 6.07 Å². The van der Waals surface area contributed by atoms with Gasteiger partial charge >= 0.3 is 5.97 Å². The van der Waals surface area contributed by atoms with Gasteiger partial charge in [0, 0.05) is 13.0 Å². The fraction of sp³-hybridized carbons (Fsp3) is 0.562. The normalized spacial score (nSPS) is 12.2. The van der Waals surface area contributed by atoms with Crippen LogP contribution in [0, 0.1) is 5.82 Å². The molecule has 0 aliphatic carbocycles. The second-order valence-electron chi connectivity index (χ2n) is 4.53. The number of halogens is 1. The van der Waals surface area contributed by atoms with Gasteiger partial charge in [-0.2, -0.15) is 0 Å². The molecule has 0 N–H and O–H groups in total. The minimum absolute atomic E-state index is 0.153. The summed E-state index contributed by atoms with van der Waals surface area (Å²) < 4.78 is 29.5. The van der Waals surface area contributed by atoms with Crippen LogP contribution in [0.1, 0.15) is 44.4 Å². The van der Waals surface area contributed by atoms with Crippen molar-refractivity contribution in [1.82, 2.24) is 0 Å². The molecule has 0 bridgehead atoms. The first-order valence-corrected chi connectivity index (χ1v) is 7.22. The summed E-state index contributed by atoms with van der Waals surface area (Å²) in [4.78, 5) is 11.4. The summed E-state index contributed by atoms with van der Waals surface area (Å²) in [6, 6.07) is 4.83. The Morgan fingerprint density at radius 3 is 2.71 bits per heavy atom. The molecule has 0 saturated heterocycles. The zero-order valence-corrected chi connectivity index (χ0v) is 12.9. The van der Waals surface area contributed by atoms with E-state index in [0.29, 0.717) is 25.2 Å². The highest BCUT2D eigenvalue weighted by Gasteiger charge is 2.16. The number of benzene rings is 1. The van der Waals surface area contributed by atoms with Crippen LogP contribution in [-0.4, -0.2) is 26.0 Å². The fourth-order valence-corrected chi connectivity index (χ4v) is 2.00. The summed E-state index contributed by atoms with van der Waals surface area (Å²) in [5.74, 6) is -0.654. The van der Waals surface area contributed by atoms with Crippen molar-refractivity contribution in [3.63, 3.8) is 0 Å². The molecule has 1 aromatic carbocycles. The Balaban J connectivity index is 2.75. The van der Waals surface area contributed by atoms with Gasteiger partial charge in [-0.3, -0.25) is 4.79 Å². The third-order valence-electron chi connectivity index (χ3n) is 3.08. The van der Waals surface area contributed by atoms with Gasteiger partial charge in [0.25, 0.3) is 0 Å². The number of ether oxygens (including phenoxy) is 3. The first-order chi connectivity index (χ1) is 10.1. The van der Waals surface area contributed by atoms with Crippen LogP contribution in [0.4, 0.5) is 4.39 Å². The topological polar surface area (TPSA) is 44.8 Å². The van der Waals surface area contributed by atoms with Crippen LogP contribution in [0.15, 0.2) is 18.2 Å². The van der Waals surface area contributed by atoms with Crippen molar-refractivity contribution in [3.8, 4) is 0 Å². The SMILES string of the molecule is CCOCO[C@H](C)c1cccc(F)c1CCC(=O)OCC. The van der Waals surface area contributed by atoms with E-state index in [1.54, 1.807) is 19.1 Å². The lowest BCUT2D eigenvalue weighted by Crippen LogP contribution is -2.11. The summed E-state index contributed by atoms with van der Waals surface area (Å²) >= 11 is 0. The average Bonchev–Trinajstić information content (AvgIpc) is 2.46. The van der Waals surface area contributed by atoms with Gasteiger partial charge in [-0.1, -0.05) is 12.1 Å². The van der Waals surface area contributed by atoms with E-state index >= 15 is 0 Å². The molecule has 4 nitrogen and oxygen atoms in total. The molecule has 1 rings (SSSR count). The minimum atomic E-state index is -0.330. The number of hydrogen-bond donors (Lipinski definition) is 0. The largest absolute Gasteiger partial charge is 0.466 e. The summed E-state index contributed by atoms with van der Waals surface area (Å²) in [7, 11) is 0. The third kappa shape index (κ3) is 5.81. The molecule has 1 atom stereocenters. The number of rotatable bonds is 9. The fourth-order valence-electron chi connectivity index (χ4n) is 2.00. The molecule has 0 aliphatic heterocycles. The van der Waals surface area contributed by atoms with Crippen molar-refractivity contribution in [2.24, 2.45) is 0 Å². The van der Waals surface area contributed by atoms with Crippen molar-refractivity contribution in [2.45, 2.75) is 39.7 Å². The van der Waals surface area contributed by atoms with Gasteiger partial charge in [-0.15, -0.1) is 0 Å². The van der Waals surface area contributed by atoms with E-state index in [2.05, 4.69) is 0 Å². The molecule has 0 heterocycles. The number of hydrogen-bond acceptors (Lipinski definition) is 4. The summed E-state index contributed by atoms with van der Waals surface area (Å²) in [5, 5.41) is 0. The van der Waals surface area contributed by atoms with Crippen LogP contribution in [0.25, 0.3) is 0 Å². The highest BCUT2D eigenvalue weighted by atomic mass is 19.1. The standard InChI is InChI=1S/C16H23FO4/c1-4-19-11-21-12(3)13-7-6-8-15(17)14(13)9-10-16(18)20-5-2/h6-8,12H,4-5,9-11H2,1-3H3/t12-/m1/s1. The molecular weight excluding hydrogens is 275 g/mol. The van der Waals surface area contributed by atoms with E-state index in [4.69, 9.17) is 14.2 Å². The molecule has 1 aromatic rings. The molecule has 0 radical (unpaired) electrons. The molecule has 0 aromatic heterocycles. The van der Waals surface area contributed by atoms with Gasteiger partial charge in [-0.05, 0) is 44.4 Å². The molecule has 21 heavy (non-hydrogen) atoms. The van der Waals surface area contributed by atoms with Gasteiger partial charge in [0.2, 0.25) is 0 Å². The van der Waals surface area contributed by atoms with Gasteiger partial charge in [0.05, 0.1) is 12.7 Å². The molecule has 0 spiro atoms. The van der Waals surface area contributed by atoms with Gasteiger partial charge in [0.15, 0.2) is 0 Å². The van der Waals surface area contributed by atoms with Crippen LogP contribution in [0.5, 0.6) is 0 Å². The third-order valence-corrected chi connectivity index (χ3v) is 3.08. The molecular formula is C16H23FO4. The van der Waals surface area contributed by atoms with Crippen LogP contribution in [0.2, 0.25) is 0 Å². The van der Waals surface area contributed by atoms with Crippen LogP contribution < -0.4 is 0 Å². The lowest BCUT2D eigenvalue weighted by molar-refractivity contribution is -0.143. The summed E-state index contributed by atoms with van der Waals surface area (Å²) in [6.07, 6.45) is 0.146. The lowest BCUT2D eigenvalue weighted by atomic mass is 9.98. The zero-order valence-electron chi connectivity index (χ0n) is 12.9. The van der Waals surface area contributed by atoms with Gasteiger partial charge in [0.1, 0.15) is 12.6 Å². The number of esters is 1. The van der Waals surface area contributed by atoms with E-state index in [1.807, 2.05) is 13.8 Å². The van der Waals surface area contributed by atoms with Gasteiger partial charge in [-0.25, -0.2) is 4.39 Å². The second-order valence-corrected chi connectivity index (χ2v) is 4.53. The molecule has 0 fully saturated rings. The van der Waals surface area contributed by atoms with Crippen molar-refractivity contribution in [2.75, 3.05) is 20.0 Å². The monoisotopic (exact) mass is 298 g/mol. The Bertz CT molecular complexity index is 448. The predicted molar refractivity (Wildman–Crippen MR) is 77.3 cm³/mol. The maximum Gasteiger partial charge on any atom is 0.306 e. The second kappa shape index (κ2) is 9.47. The van der Waals surface area contributed by atoms with E-state index in [-0.39, 0.29) is 31.1 Å². The Hall–Kier alpha value is -1.46. The highest BCUT2D eigenvalue weighted by molar-refractivity contribution is 5.69. The van der Waals surface area contributed by atoms with Crippen molar-refractivity contribution >= 4 is 5.97 Å². The summed E-state index contributed by atoms with van der Waals surface area (Å²) in [5.41, 5.74) is 1.23. The highest BCUT2D eigenvalue weighted by Crippen LogP contribution is 2.24. The van der Waals surface area contributed by atoms with Crippen LogP contribution >= 0.6 is 0 Å². The first-order valence-electron chi connectivity index (χ1n) is 7.22. The molecule has 5 heteroatoms. The smallest absolute Gasteiger partial charge is 0.306 e. The van der Waals surface area contributed by atoms with Crippen molar-refractivity contribution < 1.29 is 23.4 Å². The average molecular weight is 298 g/mol. The number of carbonyl (C=O) groups is 1. The molecule has 0 amide bonds. The Morgan fingerprint density at radius 2 is 2.05 bits per heavy atom. The maximum absolute atomic E-state index is 14.0. The van der Waals surface area contributed by atoms with Crippen molar-refractivity contribution in [3.05, 3.63) is 35.1 Å². The van der Waals surface area contributed by atoms with E-state index in [0.717, 1.165) is 5.56 Å². The Morgan fingerprint density at radius 1 is 1.29 bits per heavy atom. The van der Waals surface area contributed by atoms with Crippen LogP contribution in [-0.2, 0) is 25.4 Å². The van der Waals surface area contributed by atoms with Crippen molar-refractivity contribution in [1.29, 1.82) is 0 Å². The first kappa shape index (κ1) is 17.6. The lowest BCUT2D eigenvalue weighted by Gasteiger charge is -2.17. The predicted octanol–water partition coefficient (Wildman–Crippen LogP) is 3.39. The van der Waals surface area contributed by atoms with Crippen LogP contribution in [0.3, 0.4) is 0 Å². The quantitative estimate of drug-likeness (QED) is 0.398. The molecule has 0 saturated carbocycles. The van der Waals surface area contributed by atoms with E-state index < -0.39 is 0 Å². The molecule has 118 valence electrons.